The number of fused-ring (bicyclic) bond motifs is 1. The first-order valence-corrected chi connectivity index (χ1v) is 10.4. The third-order valence-electron chi connectivity index (χ3n) is 4.73. The van der Waals surface area contributed by atoms with Crippen LogP contribution in [-0.2, 0) is 17.4 Å². The molecule has 0 amide bonds. The molecule has 4 rings (SSSR count). The van der Waals surface area contributed by atoms with Crippen LogP contribution in [0.4, 0.5) is 14.5 Å². The highest BCUT2D eigenvalue weighted by molar-refractivity contribution is 7.91. The minimum Gasteiger partial charge on any atom is -0.290 e. The Labute approximate surface area is 180 Å². The Bertz CT molecular complexity index is 1290. The molecular formula is C24H16F2N2O2S. The summed E-state index contributed by atoms with van der Waals surface area (Å²) in [7, 11) is -0.172. The number of anilines is 1. The normalized spacial score (nSPS) is 16.6. The van der Waals surface area contributed by atoms with Crippen LogP contribution in [0, 0.1) is 23.5 Å². The van der Waals surface area contributed by atoms with Crippen LogP contribution >= 0.6 is 0 Å². The van der Waals surface area contributed by atoms with Gasteiger partial charge in [-0.05, 0) is 53.6 Å². The topological polar surface area (TPSA) is 50.3 Å². The number of pyridine rings is 1. The molecule has 0 aliphatic carbocycles. The second-order valence-electron chi connectivity index (χ2n) is 6.83. The molecule has 1 unspecified atom stereocenters. The SMILES string of the molecule is CN1c2ccc(C#CCc3cccnc3)cc2C(=O)/C(=C\c2ccc(F)c(F)c2)S1=O. The summed E-state index contributed by atoms with van der Waals surface area (Å²) < 4.78 is 41.0. The molecule has 7 heteroatoms. The third kappa shape index (κ3) is 4.30. The molecule has 2 heterocycles. The Morgan fingerprint density at radius 2 is 1.97 bits per heavy atom. The molecule has 1 aliphatic heterocycles. The second kappa shape index (κ2) is 8.62. The van der Waals surface area contributed by atoms with Crippen molar-refractivity contribution in [3.8, 4) is 11.8 Å². The minimum atomic E-state index is -1.78. The number of allylic oxidation sites excluding steroid dienone is 1. The van der Waals surface area contributed by atoms with Gasteiger partial charge in [0.15, 0.2) is 22.6 Å². The van der Waals surface area contributed by atoms with Crippen LogP contribution in [0.15, 0.2) is 65.8 Å². The van der Waals surface area contributed by atoms with Gasteiger partial charge in [0.25, 0.3) is 0 Å². The highest BCUT2D eigenvalue weighted by Gasteiger charge is 2.32. The Kier molecular flexibility index (Phi) is 5.74. The molecule has 4 nitrogen and oxygen atoms in total. The van der Waals surface area contributed by atoms with Crippen molar-refractivity contribution in [2.75, 3.05) is 11.4 Å². The Morgan fingerprint density at radius 3 is 2.71 bits per heavy atom. The van der Waals surface area contributed by atoms with Gasteiger partial charge < -0.3 is 0 Å². The highest BCUT2D eigenvalue weighted by Crippen LogP contribution is 2.33. The number of halogens is 2. The first kappa shape index (κ1) is 20.6. The number of carbonyl (C=O) groups is 1. The predicted octanol–water partition coefficient (Wildman–Crippen LogP) is 4.29. The van der Waals surface area contributed by atoms with E-state index >= 15 is 0 Å². The Balaban J connectivity index is 1.67. The molecule has 0 spiro atoms. The molecule has 0 radical (unpaired) electrons. The van der Waals surface area contributed by atoms with Crippen LogP contribution in [0.3, 0.4) is 0 Å². The zero-order valence-corrected chi connectivity index (χ0v) is 17.2. The van der Waals surface area contributed by atoms with E-state index in [4.69, 9.17) is 0 Å². The molecule has 1 aromatic heterocycles. The zero-order chi connectivity index (χ0) is 22.0. The van der Waals surface area contributed by atoms with Gasteiger partial charge in [-0.2, -0.15) is 0 Å². The average Bonchev–Trinajstić information content (AvgIpc) is 2.78. The van der Waals surface area contributed by atoms with Crippen LogP contribution in [-0.4, -0.2) is 22.0 Å². The van der Waals surface area contributed by atoms with Gasteiger partial charge in [-0.25, -0.2) is 13.0 Å². The number of aromatic nitrogens is 1. The maximum Gasteiger partial charge on any atom is 0.205 e. The van der Waals surface area contributed by atoms with E-state index in [2.05, 4.69) is 16.8 Å². The molecule has 0 N–H and O–H groups in total. The van der Waals surface area contributed by atoms with E-state index in [1.54, 1.807) is 37.6 Å². The maximum absolute atomic E-state index is 13.5. The van der Waals surface area contributed by atoms with Gasteiger partial charge in [-0.15, -0.1) is 0 Å². The molecule has 0 saturated heterocycles. The van der Waals surface area contributed by atoms with E-state index in [1.807, 2.05) is 12.1 Å². The zero-order valence-electron chi connectivity index (χ0n) is 16.4. The van der Waals surface area contributed by atoms with Gasteiger partial charge in [0, 0.05) is 37.0 Å². The number of hydrogen-bond acceptors (Lipinski definition) is 3. The van der Waals surface area contributed by atoms with Crippen molar-refractivity contribution in [3.63, 3.8) is 0 Å². The molecular weight excluding hydrogens is 418 g/mol. The number of ketones is 1. The lowest BCUT2D eigenvalue weighted by Crippen LogP contribution is -2.31. The summed E-state index contributed by atoms with van der Waals surface area (Å²) in [4.78, 5) is 17.1. The van der Waals surface area contributed by atoms with E-state index in [1.165, 1.54) is 16.4 Å². The van der Waals surface area contributed by atoms with Gasteiger partial charge in [0.05, 0.1) is 5.69 Å². The molecule has 0 saturated carbocycles. The van der Waals surface area contributed by atoms with Crippen molar-refractivity contribution < 1.29 is 17.8 Å². The molecule has 154 valence electrons. The summed E-state index contributed by atoms with van der Waals surface area (Å²) in [5.41, 5.74) is 2.74. The van der Waals surface area contributed by atoms with Crippen molar-refractivity contribution in [1.82, 2.24) is 4.98 Å². The first-order chi connectivity index (χ1) is 14.9. The first-order valence-electron chi connectivity index (χ1n) is 9.33. The highest BCUT2D eigenvalue weighted by atomic mass is 32.2. The molecule has 3 aromatic rings. The predicted molar refractivity (Wildman–Crippen MR) is 116 cm³/mol. The fourth-order valence-electron chi connectivity index (χ4n) is 3.14. The number of hydrogen-bond donors (Lipinski definition) is 0. The van der Waals surface area contributed by atoms with Crippen molar-refractivity contribution >= 4 is 28.5 Å². The maximum atomic E-state index is 13.5. The lowest BCUT2D eigenvalue weighted by atomic mass is 10.0. The quantitative estimate of drug-likeness (QED) is 0.447. The monoisotopic (exact) mass is 434 g/mol. The van der Waals surface area contributed by atoms with Crippen LogP contribution in [0.2, 0.25) is 0 Å². The van der Waals surface area contributed by atoms with E-state index in [0.29, 0.717) is 23.2 Å². The van der Waals surface area contributed by atoms with E-state index < -0.39 is 28.4 Å². The minimum absolute atomic E-state index is 0.0125. The van der Waals surface area contributed by atoms with Gasteiger partial charge in [0.1, 0.15) is 4.91 Å². The van der Waals surface area contributed by atoms with Crippen LogP contribution < -0.4 is 4.31 Å². The number of benzene rings is 2. The number of rotatable bonds is 2. The van der Waals surface area contributed by atoms with Crippen molar-refractivity contribution in [2.24, 2.45) is 0 Å². The van der Waals surface area contributed by atoms with Crippen LogP contribution in [0.25, 0.3) is 6.08 Å². The average molecular weight is 434 g/mol. The van der Waals surface area contributed by atoms with Gasteiger partial charge in [-0.1, -0.05) is 24.0 Å². The summed E-state index contributed by atoms with van der Waals surface area (Å²) in [5, 5.41) is 0. The van der Waals surface area contributed by atoms with E-state index in [-0.39, 0.29) is 10.5 Å². The molecule has 1 atom stereocenters. The van der Waals surface area contributed by atoms with Gasteiger partial charge in [-0.3, -0.25) is 14.1 Å². The molecule has 0 bridgehead atoms. The molecule has 31 heavy (non-hydrogen) atoms. The second-order valence-corrected chi connectivity index (χ2v) is 8.32. The third-order valence-corrected chi connectivity index (χ3v) is 6.10. The molecule has 1 aliphatic rings. The molecule has 0 fully saturated rings. The van der Waals surface area contributed by atoms with E-state index in [0.717, 1.165) is 17.7 Å². The lowest BCUT2D eigenvalue weighted by Gasteiger charge is -2.27. The fourth-order valence-corrected chi connectivity index (χ4v) is 4.28. The van der Waals surface area contributed by atoms with Gasteiger partial charge in [0.2, 0.25) is 5.78 Å². The largest absolute Gasteiger partial charge is 0.290 e. The fraction of sp³-hybridized carbons (Fsp3) is 0.0833. The number of carbonyl (C=O) groups excluding carboxylic acids is 1. The van der Waals surface area contributed by atoms with Crippen molar-refractivity contribution in [3.05, 3.63) is 99.7 Å². The van der Waals surface area contributed by atoms with Crippen LogP contribution in [0.1, 0.15) is 27.0 Å². The van der Waals surface area contributed by atoms with Gasteiger partial charge >= 0.3 is 0 Å². The van der Waals surface area contributed by atoms with E-state index in [9.17, 15) is 17.8 Å². The lowest BCUT2D eigenvalue weighted by molar-refractivity contribution is 0.104. The summed E-state index contributed by atoms with van der Waals surface area (Å²) in [6.07, 6.45) is 5.27. The summed E-state index contributed by atoms with van der Waals surface area (Å²) >= 11 is 0. The Morgan fingerprint density at radius 1 is 1.13 bits per heavy atom. The van der Waals surface area contributed by atoms with Crippen LogP contribution in [0.5, 0.6) is 0 Å². The number of nitrogens with zero attached hydrogens (tertiary/aromatic N) is 2. The van der Waals surface area contributed by atoms with Crippen molar-refractivity contribution in [2.45, 2.75) is 6.42 Å². The number of Topliss-reactive ketones (excluding diaryl/α,β-unsaturated/α-hetero) is 1. The van der Waals surface area contributed by atoms with Crippen molar-refractivity contribution in [1.29, 1.82) is 0 Å². The summed E-state index contributed by atoms with van der Waals surface area (Å²) in [5.74, 6) is 3.62. The summed E-state index contributed by atoms with van der Waals surface area (Å²) in [6.45, 7) is 0. The summed E-state index contributed by atoms with van der Waals surface area (Å²) in [6, 6.07) is 12.1. The molecule has 2 aromatic carbocycles. The smallest absolute Gasteiger partial charge is 0.205 e. The standard InChI is InChI=1S/C24H16F2N2O2S/c1-28-22-10-8-16(4-2-5-17-6-3-11-27-15-17)12-19(22)24(29)23(31(28)30)14-18-7-9-20(25)21(26)13-18/h3,6-15H,5H2,1H3/b23-14+. The Hall–Kier alpha value is -3.63.